The summed E-state index contributed by atoms with van der Waals surface area (Å²) in [6, 6.07) is 0. The molecular formula is C11H21N3O2. The van der Waals surface area contributed by atoms with Crippen LogP contribution in [0.2, 0.25) is 0 Å². The Balaban J connectivity index is 1.90. The van der Waals surface area contributed by atoms with Gasteiger partial charge in [0.1, 0.15) is 6.10 Å². The van der Waals surface area contributed by atoms with Crippen molar-refractivity contribution in [2.24, 2.45) is 10.7 Å². The van der Waals surface area contributed by atoms with Crippen LogP contribution in [0.15, 0.2) is 4.99 Å². The van der Waals surface area contributed by atoms with E-state index in [1.165, 1.54) is 0 Å². The van der Waals surface area contributed by atoms with Gasteiger partial charge in [-0.05, 0) is 19.8 Å². The summed E-state index contributed by atoms with van der Waals surface area (Å²) in [4.78, 5) is 6.33. The number of nitrogens with zero attached hydrogens (tertiary/aromatic N) is 2. The Morgan fingerprint density at radius 3 is 2.88 bits per heavy atom. The van der Waals surface area contributed by atoms with Crippen molar-refractivity contribution in [1.29, 1.82) is 0 Å². The van der Waals surface area contributed by atoms with Gasteiger partial charge in [0, 0.05) is 26.2 Å². The Morgan fingerprint density at radius 1 is 1.38 bits per heavy atom. The molecule has 2 rings (SSSR count). The Bertz CT molecular complexity index is 252. The van der Waals surface area contributed by atoms with E-state index >= 15 is 0 Å². The van der Waals surface area contributed by atoms with Crippen LogP contribution in [0.25, 0.3) is 0 Å². The van der Waals surface area contributed by atoms with Crippen LogP contribution in [0, 0.1) is 0 Å². The smallest absolute Gasteiger partial charge is 0.191 e. The average Bonchev–Trinajstić information content (AvgIpc) is 2.83. The number of morpholine rings is 1. The van der Waals surface area contributed by atoms with Crippen molar-refractivity contribution in [3.63, 3.8) is 0 Å². The monoisotopic (exact) mass is 227 g/mol. The molecular weight excluding hydrogens is 206 g/mol. The first kappa shape index (κ1) is 11.7. The van der Waals surface area contributed by atoms with Gasteiger partial charge in [-0.15, -0.1) is 0 Å². The molecule has 5 nitrogen and oxygen atoms in total. The highest BCUT2D eigenvalue weighted by Gasteiger charge is 2.31. The standard InChI is InChI=1S/C11H21N3O2/c1-2-13-11(12)14-5-7-16-10(8-14)9-4-3-6-15-9/h9-10H,2-8H2,1H3,(H2,12,13). The number of ether oxygens (including phenoxy) is 2. The second-order valence-corrected chi connectivity index (χ2v) is 4.24. The van der Waals surface area contributed by atoms with Crippen molar-refractivity contribution in [2.75, 3.05) is 32.8 Å². The number of hydrogen-bond donors (Lipinski definition) is 1. The highest BCUT2D eigenvalue weighted by atomic mass is 16.5. The van der Waals surface area contributed by atoms with E-state index in [0.29, 0.717) is 12.6 Å². The highest BCUT2D eigenvalue weighted by molar-refractivity contribution is 5.78. The van der Waals surface area contributed by atoms with Crippen molar-refractivity contribution in [3.05, 3.63) is 0 Å². The van der Waals surface area contributed by atoms with E-state index < -0.39 is 0 Å². The molecule has 92 valence electrons. The number of hydrogen-bond acceptors (Lipinski definition) is 3. The molecule has 2 heterocycles. The number of guanidine groups is 1. The van der Waals surface area contributed by atoms with Crippen LogP contribution >= 0.6 is 0 Å². The van der Waals surface area contributed by atoms with Crippen LogP contribution in [-0.2, 0) is 9.47 Å². The van der Waals surface area contributed by atoms with E-state index in [-0.39, 0.29) is 12.2 Å². The Hall–Kier alpha value is -0.810. The predicted molar refractivity (Wildman–Crippen MR) is 62.5 cm³/mol. The van der Waals surface area contributed by atoms with Crippen LogP contribution in [0.5, 0.6) is 0 Å². The molecule has 0 bridgehead atoms. The molecule has 0 aliphatic carbocycles. The zero-order chi connectivity index (χ0) is 11.4. The van der Waals surface area contributed by atoms with Crippen LogP contribution in [-0.4, -0.2) is 55.9 Å². The van der Waals surface area contributed by atoms with Crippen LogP contribution < -0.4 is 5.73 Å². The second-order valence-electron chi connectivity index (χ2n) is 4.24. The summed E-state index contributed by atoms with van der Waals surface area (Å²) in [6.07, 6.45) is 2.64. The van der Waals surface area contributed by atoms with E-state index in [4.69, 9.17) is 15.2 Å². The number of rotatable bonds is 2. The van der Waals surface area contributed by atoms with Crippen molar-refractivity contribution in [3.8, 4) is 0 Å². The van der Waals surface area contributed by atoms with Gasteiger partial charge in [0.15, 0.2) is 5.96 Å². The lowest BCUT2D eigenvalue weighted by Gasteiger charge is -2.35. The van der Waals surface area contributed by atoms with E-state index in [1.54, 1.807) is 0 Å². The summed E-state index contributed by atoms with van der Waals surface area (Å²) in [5.74, 6) is 0.633. The topological polar surface area (TPSA) is 60.1 Å². The van der Waals surface area contributed by atoms with Gasteiger partial charge in [-0.25, -0.2) is 0 Å². The lowest BCUT2D eigenvalue weighted by atomic mass is 10.1. The summed E-state index contributed by atoms with van der Waals surface area (Å²) in [5.41, 5.74) is 5.90. The third kappa shape index (κ3) is 2.65. The van der Waals surface area contributed by atoms with Crippen molar-refractivity contribution in [2.45, 2.75) is 32.0 Å². The normalized spacial score (nSPS) is 32.1. The van der Waals surface area contributed by atoms with Gasteiger partial charge in [0.05, 0.1) is 12.7 Å². The minimum atomic E-state index is 0.154. The van der Waals surface area contributed by atoms with Gasteiger partial charge >= 0.3 is 0 Å². The Morgan fingerprint density at radius 2 is 2.19 bits per heavy atom. The van der Waals surface area contributed by atoms with Gasteiger partial charge in [-0.2, -0.15) is 0 Å². The molecule has 0 saturated carbocycles. The number of aliphatic imine (C=N–C) groups is 1. The third-order valence-electron chi connectivity index (χ3n) is 3.12. The summed E-state index contributed by atoms with van der Waals surface area (Å²) in [7, 11) is 0. The Labute approximate surface area is 96.6 Å². The Kier molecular flexibility index (Phi) is 4.01. The molecule has 16 heavy (non-hydrogen) atoms. The quantitative estimate of drug-likeness (QED) is 0.541. The van der Waals surface area contributed by atoms with Crippen molar-refractivity contribution in [1.82, 2.24) is 4.90 Å². The molecule has 0 amide bonds. The molecule has 2 atom stereocenters. The minimum absolute atomic E-state index is 0.154. The fourth-order valence-corrected chi connectivity index (χ4v) is 2.27. The molecule has 2 saturated heterocycles. The molecule has 2 fully saturated rings. The zero-order valence-corrected chi connectivity index (χ0v) is 9.89. The van der Waals surface area contributed by atoms with Gasteiger partial charge < -0.3 is 20.1 Å². The lowest BCUT2D eigenvalue weighted by Crippen LogP contribution is -2.52. The first-order valence-electron chi connectivity index (χ1n) is 6.09. The maximum absolute atomic E-state index is 5.90. The minimum Gasteiger partial charge on any atom is -0.375 e. The molecule has 2 unspecified atom stereocenters. The van der Waals surface area contributed by atoms with E-state index in [1.807, 2.05) is 6.92 Å². The van der Waals surface area contributed by atoms with E-state index in [2.05, 4.69) is 9.89 Å². The number of nitrogens with two attached hydrogens (primary N) is 1. The molecule has 2 aliphatic rings. The van der Waals surface area contributed by atoms with Gasteiger partial charge in [0.2, 0.25) is 0 Å². The second kappa shape index (κ2) is 5.50. The van der Waals surface area contributed by atoms with Crippen LogP contribution in [0.3, 0.4) is 0 Å². The first-order chi connectivity index (χ1) is 7.81. The average molecular weight is 227 g/mol. The predicted octanol–water partition coefficient (Wildman–Crippen LogP) is 0.201. The summed E-state index contributed by atoms with van der Waals surface area (Å²) < 4.78 is 11.4. The molecule has 0 aromatic carbocycles. The summed E-state index contributed by atoms with van der Waals surface area (Å²) >= 11 is 0. The first-order valence-corrected chi connectivity index (χ1v) is 6.09. The summed E-state index contributed by atoms with van der Waals surface area (Å²) in [6.45, 7) is 5.94. The maximum Gasteiger partial charge on any atom is 0.191 e. The van der Waals surface area contributed by atoms with Crippen LogP contribution in [0.1, 0.15) is 19.8 Å². The van der Waals surface area contributed by atoms with Gasteiger partial charge in [-0.1, -0.05) is 0 Å². The van der Waals surface area contributed by atoms with E-state index in [0.717, 1.165) is 39.1 Å². The SMILES string of the molecule is CCN=C(N)N1CCOC(C2CCCO2)C1. The maximum atomic E-state index is 5.90. The fraction of sp³-hybridized carbons (Fsp3) is 0.909. The fourth-order valence-electron chi connectivity index (χ4n) is 2.27. The lowest BCUT2D eigenvalue weighted by molar-refractivity contribution is -0.0813. The van der Waals surface area contributed by atoms with Gasteiger partial charge in [-0.3, -0.25) is 4.99 Å². The molecule has 0 aromatic heterocycles. The highest BCUT2D eigenvalue weighted by Crippen LogP contribution is 2.20. The van der Waals surface area contributed by atoms with Crippen molar-refractivity contribution < 1.29 is 9.47 Å². The molecule has 0 spiro atoms. The largest absolute Gasteiger partial charge is 0.375 e. The molecule has 2 aliphatic heterocycles. The van der Waals surface area contributed by atoms with Crippen molar-refractivity contribution >= 4 is 5.96 Å². The molecule has 5 heteroatoms. The zero-order valence-electron chi connectivity index (χ0n) is 9.89. The van der Waals surface area contributed by atoms with Crippen LogP contribution in [0.4, 0.5) is 0 Å². The summed E-state index contributed by atoms with van der Waals surface area (Å²) in [5, 5.41) is 0. The van der Waals surface area contributed by atoms with Gasteiger partial charge in [0.25, 0.3) is 0 Å². The molecule has 0 radical (unpaired) electrons. The molecule has 2 N–H and O–H groups in total. The third-order valence-corrected chi connectivity index (χ3v) is 3.12. The van der Waals surface area contributed by atoms with E-state index in [9.17, 15) is 0 Å². The molecule has 0 aromatic rings.